The van der Waals surface area contributed by atoms with Gasteiger partial charge in [0.2, 0.25) is 0 Å². The van der Waals surface area contributed by atoms with Crippen molar-refractivity contribution in [2.24, 2.45) is 0 Å². The summed E-state index contributed by atoms with van der Waals surface area (Å²) >= 11 is 1.70. The molecule has 2 aromatic carbocycles. The number of carbonyl (C=O) groups is 1. The van der Waals surface area contributed by atoms with E-state index in [4.69, 9.17) is 4.42 Å². The second-order valence-electron chi connectivity index (χ2n) is 4.94. The topological polar surface area (TPSA) is 42.2 Å². The van der Waals surface area contributed by atoms with Gasteiger partial charge in [0.15, 0.2) is 5.76 Å². The van der Waals surface area contributed by atoms with Crippen LogP contribution >= 0.6 is 11.8 Å². The molecule has 0 saturated heterocycles. The van der Waals surface area contributed by atoms with Crippen LogP contribution in [-0.2, 0) is 0 Å². The summed E-state index contributed by atoms with van der Waals surface area (Å²) in [5, 5.41) is 3.94. The smallest absolute Gasteiger partial charge is 0.291 e. The molecular formula is C18H17NO2S. The van der Waals surface area contributed by atoms with Crippen LogP contribution in [0.3, 0.4) is 0 Å². The summed E-state index contributed by atoms with van der Waals surface area (Å²) < 4.78 is 5.71. The van der Waals surface area contributed by atoms with Gasteiger partial charge in [0, 0.05) is 15.8 Å². The monoisotopic (exact) mass is 311 g/mol. The number of aryl methyl sites for hydroxylation is 1. The van der Waals surface area contributed by atoms with E-state index in [0.29, 0.717) is 5.76 Å². The van der Waals surface area contributed by atoms with E-state index in [9.17, 15) is 4.79 Å². The van der Waals surface area contributed by atoms with E-state index >= 15 is 0 Å². The molecule has 0 saturated carbocycles. The van der Waals surface area contributed by atoms with Crippen molar-refractivity contribution in [3.05, 3.63) is 59.9 Å². The molecule has 3 rings (SSSR count). The lowest BCUT2D eigenvalue weighted by atomic mass is 10.1. The number of furan rings is 1. The Bertz CT molecular complexity index is 823. The van der Waals surface area contributed by atoms with Crippen LogP contribution in [0.2, 0.25) is 0 Å². The maximum atomic E-state index is 12.5. The van der Waals surface area contributed by atoms with Gasteiger partial charge in [-0.05, 0) is 30.9 Å². The number of amides is 1. The average Bonchev–Trinajstić information content (AvgIpc) is 2.87. The van der Waals surface area contributed by atoms with E-state index in [2.05, 4.69) is 12.2 Å². The van der Waals surface area contributed by atoms with Gasteiger partial charge in [0.1, 0.15) is 5.58 Å². The number of fused-ring (bicyclic) bond motifs is 1. The van der Waals surface area contributed by atoms with Crippen LogP contribution in [0.1, 0.15) is 23.0 Å². The third kappa shape index (κ3) is 2.74. The third-order valence-electron chi connectivity index (χ3n) is 3.49. The van der Waals surface area contributed by atoms with Crippen LogP contribution in [-0.4, -0.2) is 11.7 Å². The van der Waals surface area contributed by atoms with Crippen molar-refractivity contribution in [3.63, 3.8) is 0 Å². The van der Waals surface area contributed by atoms with Crippen LogP contribution in [0, 0.1) is 6.92 Å². The van der Waals surface area contributed by atoms with Crippen LogP contribution in [0.5, 0.6) is 0 Å². The first-order valence-corrected chi connectivity index (χ1v) is 8.20. The maximum Gasteiger partial charge on any atom is 0.291 e. The minimum Gasteiger partial charge on any atom is -0.451 e. The molecule has 0 spiro atoms. The molecule has 3 nitrogen and oxygen atoms in total. The highest BCUT2D eigenvalue weighted by molar-refractivity contribution is 7.99. The number of thioether (sulfide) groups is 1. The van der Waals surface area contributed by atoms with Gasteiger partial charge < -0.3 is 9.73 Å². The molecule has 0 radical (unpaired) electrons. The number of anilines is 1. The summed E-state index contributed by atoms with van der Waals surface area (Å²) in [7, 11) is 0. The largest absolute Gasteiger partial charge is 0.451 e. The van der Waals surface area contributed by atoms with E-state index in [1.165, 1.54) is 0 Å². The Morgan fingerprint density at radius 3 is 2.64 bits per heavy atom. The van der Waals surface area contributed by atoms with Crippen molar-refractivity contribution in [1.82, 2.24) is 0 Å². The highest BCUT2D eigenvalue weighted by atomic mass is 32.2. The fourth-order valence-electron chi connectivity index (χ4n) is 2.42. The number of hydrogen-bond acceptors (Lipinski definition) is 3. The Morgan fingerprint density at radius 2 is 1.86 bits per heavy atom. The third-order valence-corrected chi connectivity index (χ3v) is 4.44. The lowest BCUT2D eigenvalue weighted by molar-refractivity contribution is 0.0997. The van der Waals surface area contributed by atoms with E-state index in [-0.39, 0.29) is 5.91 Å². The molecule has 4 heteroatoms. The van der Waals surface area contributed by atoms with Gasteiger partial charge in [-0.25, -0.2) is 0 Å². The molecule has 1 N–H and O–H groups in total. The molecule has 0 aliphatic carbocycles. The normalized spacial score (nSPS) is 10.8. The molecule has 22 heavy (non-hydrogen) atoms. The quantitative estimate of drug-likeness (QED) is 0.681. The van der Waals surface area contributed by atoms with Crippen molar-refractivity contribution in [3.8, 4) is 0 Å². The maximum absolute atomic E-state index is 12.5. The summed E-state index contributed by atoms with van der Waals surface area (Å²) in [6, 6.07) is 15.5. The van der Waals surface area contributed by atoms with Crippen LogP contribution in [0.25, 0.3) is 11.0 Å². The van der Waals surface area contributed by atoms with Gasteiger partial charge in [0.05, 0.1) is 5.69 Å². The van der Waals surface area contributed by atoms with Gasteiger partial charge in [-0.1, -0.05) is 37.3 Å². The van der Waals surface area contributed by atoms with Crippen molar-refractivity contribution < 1.29 is 9.21 Å². The average molecular weight is 311 g/mol. The highest BCUT2D eigenvalue weighted by Crippen LogP contribution is 2.29. The number of benzene rings is 2. The SMILES string of the molecule is CCSc1ccccc1NC(=O)c1oc2ccccc2c1C. The summed E-state index contributed by atoms with van der Waals surface area (Å²) in [5.74, 6) is 1.12. The van der Waals surface area contributed by atoms with Crippen LogP contribution in [0.15, 0.2) is 57.8 Å². The highest BCUT2D eigenvalue weighted by Gasteiger charge is 2.18. The fourth-order valence-corrected chi connectivity index (χ4v) is 3.18. The van der Waals surface area contributed by atoms with E-state index in [0.717, 1.165) is 32.9 Å². The molecule has 0 aliphatic rings. The first kappa shape index (κ1) is 14.7. The molecule has 1 heterocycles. The standard InChI is InChI=1S/C18H17NO2S/c1-3-22-16-11-7-5-9-14(16)19-18(20)17-12(2)13-8-4-6-10-15(13)21-17/h4-11H,3H2,1-2H3,(H,19,20). The number of rotatable bonds is 4. The van der Waals surface area contributed by atoms with Crippen molar-refractivity contribution in [1.29, 1.82) is 0 Å². The predicted octanol–water partition coefficient (Wildman–Crippen LogP) is 5.11. The Balaban J connectivity index is 1.92. The lowest BCUT2D eigenvalue weighted by Crippen LogP contribution is -2.12. The second kappa shape index (κ2) is 6.28. The predicted molar refractivity (Wildman–Crippen MR) is 91.7 cm³/mol. The first-order chi connectivity index (χ1) is 10.7. The summed E-state index contributed by atoms with van der Waals surface area (Å²) in [6.07, 6.45) is 0. The summed E-state index contributed by atoms with van der Waals surface area (Å²) in [5.41, 5.74) is 2.43. The molecule has 0 unspecified atom stereocenters. The van der Waals surface area contributed by atoms with Crippen molar-refractivity contribution in [2.75, 3.05) is 11.1 Å². The minimum absolute atomic E-state index is 0.210. The van der Waals surface area contributed by atoms with Crippen LogP contribution < -0.4 is 5.32 Å². The Hall–Kier alpha value is -2.20. The molecule has 0 atom stereocenters. The number of carbonyl (C=O) groups excluding carboxylic acids is 1. The number of hydrogen-bond donors (Lipinski definition) is 1. The first-order valence-electron chi connectivity index (χ1n) is 7.22. The molecule has 0 bridgehead atoms. The molecule has 1 amide bonds. The van der Waals surface area contributed by atoms with Gasteiger partial charge >= 0.3 is 0 Å². The number of nitrogens with one attached hydrogen (secondary N) is 1. The van der Waals surface area contributed by atoms with Gasteiger partial charge in [0.25, 0.3) is 5.91 Å². The van der Waals surface area contributed by atoms with Crippen molar-refractivity contribution >= 4 is 34.3 Å². The fraction of sp³-hybridized carbons (Fsp3) is 0.167. The molecule has 112 valence electrons. The summed E-state index contributed by atoms with van der Waals surface area (Å²) in [4.78, 5) is 13.6. The Morgan fingerprint density at radius 1 is 1.14 bits per heavy atom. The zero-order valence-corrected chi connectivity index (χ0v) is 13.4. The molecule has 0 fully saturated rings. The van der Waals surface area contributed by atoms with E-state index < -0.39 is 0 Å². The zero-order valence-electron chi connectivity index (χ0n) is 12.6. The zero-order chi connectivity index (χ0) is 15.5. The van der Waals surface area contributed by atoms with Gasteiger partial charge in [-0.3, -0.25) is 4.79 Å². The molecular weight excluding hydrogens is 294 g/mol. The Kier molecular flexibility index (Phi) is 4.20. The Labute approximate surface area is 133 Å². The minimum atomic E-state index is -0.210. The van der Waals surface area contributed by atoms with Crippen molar-refractivity contribution in [2.45, 2.75) is 18.7 Å². The molecule has 1 aromatic heterocycles. The van der Waals surface area contributed by atoms with Crippen LogP contribution in [0.4, 0.5) is 5.69 Å². The molecule has 3 aromatic rings. The van der Waals surface area contributed by atoms with E-state index in [1.807, 2.05) is 55.5 Å². The van der Waals surface area contributed by atoms with Gasteiger partial charge in [-0.2, -0.15) is 0 Å². The van der Waals surface area contributed by atoms with Gasteiger partial charge in [-0.15, -0.1) is 11.8 Å². The lowest BCUT2D eigenvalue weighted by Gasteiger charge is -2.09. The number of para-hydroxylation sites is 2. The summed E-state index contributed by atoms with van der Waals surface area (Å²) in [6.45, 7) is 4.00. The molecule has 0 aliphatic heterocycles. The van der Waals surface area contributed by atoms with E-state index in [1.54, 1.807) is 11.8 Å². The second-order valence-corrected chi connectivity index (χ2v) is 6.24.